The average molecular weight is 385 g/mol. The summed E-state index contributed by atoms with van der Waals surface area (Å²) in [6.45, 7) is 2.36. The van der Waals surface area contributed by atoms with Crippen LogP contribution in [0.1, 0.15) is 17.3 Å². The largest absolute Gasteiger partial charge is 0.478 e. The van der Waals surface area contributed by atoms with Crippen molar-refractivity contribution < 1.29 is 19.4 Å². The van der Waals surface area contributed by atoms with Gasteiger partial charge in [-0.15, -0.1) is 0 Å². The Hall–Kier alpha value is -1.83. The number of carboxylic acid groups (broad SMARTS) is 1. The molecular weight excluding hydrogens is 373 g/mol. The fourth-order valence-electron chi connectivity index (χ4n) is 1.55. The number of benzene rings is 1. The van der Waals surface area contributed by atoms with Gasteiger partial charge in [-0.1, -0.05) is 6.07 Å². The molecule has 0 radical (unpaired) electrons. The molecule has 0 saturated heterocycles. The van der Waals surface area contributed by atoms with E-state index >= 15 is 0 Å². The van der Waals surface area contributed by atoms with Gasteiger partial charge in [-0.25, -0.2) is 4.79 Å². The molecule has 104 valence electrons. The van der Waals surface area contributed by atoms with Crippen molar-refractivity contribution in [3.05, 3.63) is 45.5 Å². The number of halogens is 1. The van der Waals surface area contributed by atoms with Crippen LogP contribution in [0.2, 0.25) is 0 Å². The van der Waals surface area contributed by atoms with E-state index in [0.717, 1.165) is 3.57 Å². The number of aromatic nitrogens is 1. The van der Waals surface area contributed by atoms with E-state index < -0.39 is 5.97 Å². The van der Waals surface area contributed by atoms with Crippen LogP contribution in [-0.2, 0) is 0 Å². The number of pyridine rings is 1. The van der Waals surface area contributed by atoms with Crippen LogP contribution in [0.3, 0.4) is 0 Å². The molecule has 0 aliphatic heterocycles. The second-order valence-corrected chi connectivity index (χ2v) is 5.04. The first-order valence-electron chi connectivity index (χ1n) is 5.90. The third-order valence-electron chi connectivity index (χ3n) is 2.38. The lowest BCUT2D eigenvalue weighted by Gasteiger charge is -2.09. The maximum atomic E-state index is 11.2. The zero-order chi connectivity index (χ0) is 14.5. The minimum atomic E-state index is -1.04. The SMILES string of the molecule is CCOc1cccc(Oc2ccc(I)cc2C(=O)O)n1. The molecular formula is C14H12INO4. The molecule has 6 heteroatoms. The molecule has 0 atom stereocenters. The highest BCUT2D eigenvalue weighted by Crippen LogP contribution is 2.27. The summed E-state index contributed by atoms with van der Waals surface area (Å²) < 4.78 is 11.6. The van der Waals surface area contributed by atoms with Crippen LogP contribution in [0, 0.1) is 3.57 Å². The maximum Gasteiger partial charge on any atom is 0.339 e. The van der Waals surface area contributed by atoms with E-state index in [1.807, 2.05) is 29.5 Å². The highest BCUT2D eigenvalue weighted by atomic mass is 127. The van der Waals surface area contributed by atoms with Gasteiger partial charge in [-0.2, -0.15) is 4.98 Å². The molecule has 0 aliphatic carbocycles. The molecule has 0 unspecified atom stereocenters. The second kappa shape index (κ2) is 6.56. The van der Waals surface area contributed by atoms with Crippen molar-refractivity contribution >= 4 is 28.6 Å². The normalized spacial score (nSPS) is 10.1. The first-order chi connectivity index (χ1) is 9.60. The summed E-state index contributed by atoms with van der Waals surface area (Å²) in [5, 5.41) is 9.18. The first-order valence-corrected chi connectivity index (χ1v) is 6.98. The number of carbonyl (C=O) groups is 1. The lowest BCUT2D eigenvalue weighted by molar-refractivity contribution is 0.0694. The Morgan fingerprint density at radius 1 is 1.30 bits per heavy atom. The topological polar surface area (TPSA) is 68.7 Å². The molecule has 2 aromatic rings. The van der Waals surface area contributed by atoms with Crippen molar-refractivity contribution in [2.75, 3.05) is 6.61 Å². The molecule has 1 heterocycles. The van der Waals surface area contributed by atoms with Gasteiger partial charge in [-0.05, 0) is 47.7 Å². The standard InChI is InChI=1S/C14H12INO4/c1-2-19-12-4-3-5-13(16-12)20-11-7-6-9(15)8-10(11)14(17)18/h3-8H,2H2,1H3,(H,17,18). The number of hydrogen-bond donors (Lipinski definition) is 1. The quantitative estimate of drug-likeness (QED) is 0.797. The number of nitrogens with zero attached hydrogens (tertiary/aromatic N) is 1. The van der Waals surface area contributed by atoms with E-state index in [4.69, 9.17) is 9.47 Å². The summed E-state index contributed by atoms with van der Waals surface area (Å²) in [5.74, 6) is -0.0643. The Kier molecular flexibility index (Phi) is 4.78. The van der Waals surface area contributed by atoms with E-state index in [0.29, 0.717) is 18.4 Å². The fraction of sp³-hybridized carbons (Fsp3) is 0.143. The Labute approximate surface area is 129 Å². The summed E-state index contributed by atoms with van der Waals surface area (Å²) in [4.78, 5) is 15.3. The molecule has 20 heavy (non-hydrogen) atoms. The summed E-state index contributed by atoms with van der Waals surface area (Å²) in [6.07, 6.45) is 0. The Morgan fingerprint density at radius 2 is 2.05 bits per heavy atom. The van der Waals surface area contributed by atoms with Crippen LogP contribution in [0.4, 0.5) is 0 Å². The van der Waals surface area contributed by atoms with Crippen molar-refractivity contribution in [2.24, 2.45) is 0 Å². The van der Waals surface area contributed by atoms with Crippen molar-refractivity contribution in [2.45, 2.75) is 6.92 Å². The zero-order valence-electron chi connectivity index (χ0n) is 10.7. The number of aromatic carboxylic acids is 1. The Balaban J connectivity index is 2.30. The minimum absolute atomic E-state index is 0.0977. The molecule has 0 saturated carbocycles. The van der Waals surface area contributed by atoms with E-state index in [9.17, 15) is 9.90 Å². The highest BCUT2D eigenvalue weighted by molar-refractivity contribution is 14.1. The Bertz CT molecular complexity index is 630. The van der Waals surface area contributed by atoms with E-state index in [2.05, 4.69) is 4.98 Å². The second-order valence-electron chi connectivity index (χ2n) is 3.79. The van der Waals surface area contributed by atoms with Crippen LogP contribution in [0.25, 0.3) is 0 Å². The number of rotatable bonds is 5. The van der Waals surface area contributed by atoms with Crippen LogP contribution in [0.15, 0.2) is 36.4 Å². The van der Waals surface area contributed by atoms with Crippen LogP contribution in [-0.4, -0.2) is 22.7 Å². The predicted molar refractivity (Wildman–Crippen MR) is 81.6 cm³/mol. The van der Waals surface area contributed by atoms with Gasteiger partial charge in [0.05, 0.1) is 6.61 Å². The highest BCUT2D eigenvalue weighted by Gasteiger charge is 2.13. The van der Waals surface area contributed by atoms with Crippen molar-refractivity contribution in [3.8, 4) is 17.5 Å². The minimum Gasteiger partial charge on any atom is -0.478 e. The summed E-state index contributed by atoms with van der Waals surface area (Å²) in [6, 6.07) is 10.0. The molecule has 1 aromatic carbocycles. The molecule has 0 aliphatic rings. The van der Waals surface area contributed by atoms with Gasteiger partial charge >= 0.3 is 5.97 Å². The number of carboxylic acids is 1. The molecule has 5 nitrogen and oxygen atoms in total. The smallest absolute Gasteiger partial charge is 0.339 e. The van der Waals surface area contributed by atoms with Gasteiger partial charge in [0.25, 0.3) is 0 Å². The molecule has 0 amide bonds. The molecule has 0 bridgehead atoms. The third-order valence-corrected chi connectivity index (χ3v) is 3.05. The van der Waals surface area contributed by atoms with Gasteiger partial charge in [0, 0.05) is 15.7 Å². The van der Waals surface area contributed by atoms with Crippen LogP contribution >= 0.6 is 22.6 Å². The molecule has 0 spiro atoms. The van der Waals surface area contributed by atoms with Gasteiger partial charge < -0.3 is 14.6 Å². The molecule has 1 N–H and O–H groups in total. The predicted octanol–water partition coefficient (Wildman–Crippen LogP) is 3.58. The van der Waals surface area contributed by atoms with Crippen molar-refractivity contribution in [1.29, 1.82) is 0 Å². The average Bonchev–Trinajstić information content (AvgIpc) is 2.41. The number of hydrogen-bond acceptors (Lipinski definition) is 4. The number of ether oxygens (including phenoxy) is 2. The van der Waals surface area contributed by atoms with Gasteiger partial charge in [0.1, 0.15) is 11.3 Å². The lowest BCUT2D eigenvalue weighted by Crippen LogP contribution is -2.02. The van der Waals surface area contributed by atoms with Gasteiger partial charge in [-0.3, -0.25) is 0 Å². The summed E-state index contributed by atoms with van der Waals surface area (Å²) >= 11 is 2.05. The first kappa shape index (κ1) is 14.6. The monoisotopic (exact) mass is 385 g/mol. The maximum absolute atomic E-state index is 11.2. The van der Waals surface area contributed by atoms with E-state index in [-0.39, 0.29) is 11.3 Å². The van der Waals surface area contributed by atoms with Crippen molar-refractivity contribution in [3.63, 3.8) is 0 Å². The fourth-order valence-corrected chi connectivity index (χ4v) is 2.04. The summed E-state index contributed by atoms with van der Waals surface area (Å²) in [7, 11) is 0. The van der Waals surface area contributed by atoms with E-state index in [1.54, 1.807) is 36.4 Å². The van der Waals surface area contributed by atoms with Crippen LogP contribution in [0.5, 0.6) is 17.5 Å². The van der Waals surface area contributed by atoms with E-state index in [1.165, 1.54) is 0 Å². The molecule has 2 rings (SSSR count). The summed E-state index contributed by atoms with van der Waals surface area (Å²) in [5.41, 5.74) is 0.0977. The third kappa shape index (κ3) is 3.60. The van der Waals surface area contributed by atoms with Crippen LogP contribution < -0.4 is 9.47 Å². The van der Waals surface area contributed by atoms with Gasteiger partial charge in [0.15, 0.2) is 0 Å². The molecule has 1 aromatic heterocycles. The van der Waals surface area contributed by atoms with Crippen molar-refractivity contribution in [1.82, 2.24) is 4.98 Å². The lowest BCUT2D eigenvalue weighted by atomic mass is 10.2. The van der Waals surface area contributed by atoms with Gasteiger partial charge in [0.2, 0.25) is 11.8 Å². The zero-order valence-corrected chi connectivity index (χ0v) is 12.8. The Morgan fingerprint density at radius 3 is 2.75 bits per heavy atom. The molecule has 0 fully saturated rings.